The number of benzene rings is 1. The van der Waals surface area contributed by atoms with E-state index < -0.39 is 0 Å². The minimum Gasteiger partial charge on any atom is -0.497 e. The summed E-state index contributed by atoms with van der Waals surface area (Å²) in [7, 11) is 1.69. The van der Waals surface area contributed by atoms with Crippen molar-refractivity contribution in [2.75, 3.05) is 7.11 Å². The molecule has 0 amide bonds. The number of rotatable bonds is 5. The molecule has 4 heteroatoms. The second kappa shape index (κ2) is 4.85. The molecule has 0 unspecified atom stereocenters. The van der Waals surface area contributed by atoms with Gasteiger partial charge in [-0.3, -0.25) is 0 Å². The maximum Gasteiger partial charge on any atom is 0.124 e. The molecule has 1 fully saturated rings. The van der Waals surface area contributed by atoms with Gasteiger partial charge in [0.15, 0.2) is 0 Å². The van der Waals surface area contributed by atoms with Gasteiger partial charge in [-0.1, -0.05) is 0 Å². The van der Waals surface area contributed by atoms with E-state index in [1.165, 1.54) is 18.4 Å². The topological polar surface area (TPSA) is 39.1 Å². The van der Waals surface area contributed by atoms with E-state index in [0.717, 1.165) is 23.6 Å². The van der Waals surface area contributed by atoms with Gasteiger partial charge in [0.2, 0.25) is 0 Å². The summed E-state index contributed by atoms with van der Waals surface area (Å²) >= 11 is 0. The molecule has 1 N–H and O–H groups in total. The maximum atomic E-state index is 5.28. The van der Waals surface area contributed by atoms with Crippen LogP contribution in [-0.4, -0.2) is 22.7 Å². The van der Waals surface area contributed by atoms with Crippen LogP contribution in [0.15, 0.2) is 18.2 Å². The molecule has 1 aromatic heterocycles. The first-order chi connectivity index (χ1) is 9.19. The van der Waals surface area contributed by atoms with E-state index in [4.69, 9.17) is 9.72 Å². The molecule has 1 aliphatic carbocycles. The molecule has 0 radical (unpaired) electrons. The number of hydrogen-bond acceptors (Lipinski definition) is 3. The highest BCUT2D eigenvalue weighted by Crippen LogP contribution is 2.26. The Morgan fingerprint density at radius 2 is 2.21 bits per heavy atom. The van der Waals surface area contributed by atoms with Crippen molar-refractivity contribution in [1.82, 2.24) is 14.9 Å². The molecular formula is C15H21N3O. The Kier molecular flexibility index (Phi) is 3.19. The van der Waals surface area contributed by atoms with E-state index in [2.05, 4.69) is 29.8 Å². The summed E-state index contributed by atoms with van der Waals surface area (Å²) in [4.78, 5) is 4.76. The van der Waals surface area contributed by atoms with Gasteiger partial charge in [0.05, 0.1) is 24.7 Å². The molecule has 0 bridgehead atoms. The lowest BCUT2D eigenvalue weighted by atomic mass is 10.2. The number of hydrogen-bond donors (Lipinski definition) is 1. The number of ether oxygens (including phenoxy) is 1. The zero-order valence-corrected chi connectivity index (χ0v) is 11.8. The van der Waals surface area contributed by atoms with Gasteiger partial charge in [-0.15, -0.1) is 0 Å². The summed E-state index contributed by atoms with van der Waals surface area (Å²) in [6.45, 7) is 5.25. The van der Waals surface area contributed by atoms with Gasteiger partial charge in [-0.2, -0.15) is 0 Å². The smallest absolute Gasteiger partial charge is 0.124 e. The summed E-state index contributed by atoms with van der Waals surface area (Å²) < 4.78 is 7.58. The highest BCUT2D eigenvalue weighted by atomic mass is 16.5. The van der Waals surface area contributed by atoms with Crippen LogP contribution >= 0.6 is 0 Å². The van der Waals surface area contributed by atoms with Crippen LogP contribution < -0.4 is 10.1 Å². The Balaban J connectivity index is 2.00. The van der Waals surface area contributed by atoms with Crippen LogP contribution in [0.25, 0.3) is 11.0 Å². The largest absolute Gasteiger partial charge is 0.497 e. The standard InChI is InChI=1S/C15H21N3O/c1-10(2)18-14-7-6-12(19-3)8-13(14)17-15(18)9-16-11-4-5-11/h6-8,10-11,16H,4-5,9H2,1-3H3. The van der Waals surface area contributed by atoms with Gasteiger partial charge >= 0.3 is 0 Å². The zero-order valence-electron chi connectivity index (χ0n) is 11.8. The molecule has 0 atom stereocenters. The van der Waals surface area contributed by atoms with Crippen LogP contribution in [0.1, 0.15) is 38.6 Å². The SMILES string of the molecule is COc1ccc2c(c1)nc(CNC1CC1)n2C(C)C. The van der Waals surface area contributed by atoms with Crippen molar-refractivity contribution in [3.05, 3.63) is 24.0 Å². The average Bonchev–Trinajstić information content (AvgIpc) is 3.15. The fourth-order valence-electron chi connectivity index (χ4n) is 2.48. The van der Waals surface area contributed by atoms with Gasteiger partial charge in [-0.25, -0.2) is 4.98 Å². The van der Waals surface area contributed by atoms with Crippen LogP contribution in [0.4, 0.5) is 0 Å². The number of aromatic nitrogens is 2. The van der Waals surface area contributed by atoms with Gasteiger partial charge in [0.25, 0.3) is 0 Å². The van der Waals surface area contributed by atoms with Crippen LogP contribution in [0, 0.1) is 0 Å². The molecule has 3 rings (SSSR count). The van der Waals surface area contributed by atoms with Crippen molar-refractivity contribution < 1.29 is 4.74 Å². The number of imidazole rings is 1. The predicted octanol–water partition coefficient (Wildman–Crippen LogP) is 2.88. The lowest BCUT2D eigenvalue weighted by Gasteiger charge is -2.13. The monoisotopic (exact) mass is 259 g/mol. The average molecular weight is 259 g/mol. The molecule has 4 nitrogen and oxygen atoms in total. The number of methoxy groups -OCH3 is 1. The highest BCUT2D eigenvalue weighted by molar-refractivity contribution is 5.78. The summed E-state index contributed by atoms with van der Waals surface area (Å²) in [5.74, 6) is 1.98. The van der Waals surface area contributed by atoms with E-state index in [1.54, 1.807) is 7.11 Å². The van der Waals surface area contributed by atoms with Gasteiger partial charge in [0, 0.05) is 18.2 Å². The molecule has 0 saturated heterocycles. The molecule has 102 valence electrons. The third-order valence-electron chi connectivity index (χ3n) is 3.61. The van der Waals surface area contributed by atoms with Crippen molar-refractivity contribution in [3.8, 4) is 5.75 Å². The first-order valence-corrected chi connectivity index (χ1v) is 6.97. The molecular weight excluding hydrogens is 238 g/mol. The minimum absolute atomic E-state index is 0.411. The second-order valence-corrected chi connectivity index (χ2v) is 5.50. The van der Waals surface area contributed by atoms with Crippen molar-refractivity contribution in [3.63, 3.8) is 0 Å². The molecule has 0 spiro atoms. The van der Waals surface area contributed by atoms with Gasteiger partial charge < -0.3 is 14.6 Å². The van der Waals surface area contributed by atoms with Crippen LogP contribution in [0.2, 0.25) is 0 Å². The van der Waals surface area contributed by atoms with Crippen molar-refractivity contribution in [2.24, 2.45) is 0 Å². The predicted molar refractivity (Wildman–Crippen MR) is 76.5 cm³/mol. The Hall–Kier alpha value is -1.55. The third-order valence-corrected chi connectivity index (χ3v) is 3.61. The minimum atomic E-state index is 0.411. The summed E-state index contributed by atoms with van der Waals surface area (Å²) in [6.07, 6.45) is 2.60. The number of fused-ring (bicyclic) bond motifs is 1. The van der Waals surface area contributed by atoms with Crippen LogP contribution in [0.3, 0.4) is 0 Å². The normalized spacial score (nSPS) is 15.4. The Labute approximate surface area is 113 Å². The molecule has 1 aliphatic rings. The summed E-state index contributed by atoms with van der Waals surface area (Å²) in [5, 5.41) is 3.54. The molecule has 19 heavy (non-hydrogen) atoms. The van der Waals surface area contributed by atoms with Crippen molar-refractivity contribution >= 4 is 11.0 Å². The van der Waals surface area contributed by atoms with E-state index >= 15 is 0 Å². The molecule has 2 aromatic rings. The van der Waals surface area contributed by atoms with Crippen molar-refractivity contribution in [1.29, 1.82) is 0 Å². The Morgan fingerprint density at radius 1 is 1.42 bits per heavy atom. The molecule has 1 saturated carbocycles. The van der Waals surface area contributed by atoms with Crippen LogP contribution in [-0.2, 0) is 6.54 Å². The fourth-order valence-corrected chi connectivity index (χ4v) is 2.48. The van der Waals surface area contributed by atoms with E-state index in [0.29, 0.717) is 12.1 Å². The van der Waals surface area contributed by atoms with E-state index in [-0.39, 0.29) is 0 Å². The van der Waals surface area contributed by atoms with Crippen LogP contribution in [0.5, 0.6) is 5.75 Å². The number of nitrogens with zero attached hydrogens (tertiary/aromatic N) is 2. The van der Waals surface area contributed by atoms with Gasteiger partial charge in [-0.05, 0) is 38.8 Å². The lowest BCUT2D eigenvalue weighted by Crippen LogP contribution is -2.19. The number of nitrogens with one attached hydrogen (secondary N) is 1. The molecule has 1 heterocycles. The quantitative estimate of drug-likeness (QED) is 0.897. The Bertz CT molecular complexity index is 584. The lowest BCUT2D eigenvalue weighted by molar-refractivity contribution is 0.415. The van der Waals surface area contributed by atoms with E-state index in [1.807, 2.05) is 12.1 Å². The zero-order chi connectivity index (χ0) is 13.4. The van der Waals surface area contributed by atoms with Gasteiger partial charge in [0.1, 0.15) is 11.6 Å². The maximum absolute atomic E-state index is 5.28. The first-order valence-electron chi connectivity index (χ1n) is 6.97. The Morgan fingerprint density at radius 3 is 2.84 bits per heavy atom. The summed E-state index contributed by atoms with van der Waals surface area (Å²) in [6, 6.07) is 7.22. The summed E-state index contributed by atoms with van der Waals surface area (Å²) in [5.41, 5.74) is 2.20. The highest BCUT2D eigenvalue weighted by Gasteiger charge is 2.22. The molecule has 1 aromatic carbocycles. The first kappa shape index (κ1) is 12.5. The molecule has 0 aliphatic heterocycles. The second-order valence-electron chi connectivity index (χ2n) is 5.50. The third kappa shape index (κ3) is 2.45. The fraction of sp³-hybridized carbons (Fsp3) is 0.533. The van der Waals surface area contributed by atoms with E-state index in [9.17, 15) is 0 Å². The van der Waals surface area contributed by atoms with Crippen molar-refractivity contribution in [2.45, 2.75) is 45.3 Å².